The van der Waals surface area contributed by atoms with Crippen molar-refractivity contribution < 1.29 is 4.39 Å². The predicted octanol–water partition coefficient (Wildman–Crippen LogP) is 4.40. The van der Waals surface area contributed by atoms with Gasteiger partial charge in [0, 0.05) is 12.6 Å². The van der Waals surface area contributed by atoms with Gasteiger partial charge in [0.1, 0.15) is 11.6 Å². The quantitative estimate of drug-likeness (QED) is 0.729. The van der Waals surface area contributed by atoms with E-state index in [2.05, 4.69) is 14.9 Å². The van der Waals surface area contributed by atoms with Crippen LogP contribution in [0.15, 0.2) is 53.3 Å². The molecule has 1 aliphatic rings. The van der Waals surface area contributed by atoms with Gasteiger partial charge in [-0.05, 0) is 42.7 Å². The largest absolute Gasteiger partial charge is 0.309 e. The van der Waals surface area contributed by atoms with Crippen LogP contribution in [0, 0.1) is 5.82 Å². The summed E-state index contributed by atoms with van der Waals surface area (Å²) in [5.41, 5.74) is 1.70. The van der Waals surface area contributed by atoms with Crippen molar-refractivity contribution in [3.63, 3.8) is 0 Å². The molecule has 0 atom stereocenters. The normalized spacial score (nSPS) is 15.5. The highest BCUT2D eigenvalue weighted by Crippen LogP contribution is 2.25. The number of nitrogens with one attached hydrogen (secondary N) is 1. The van der Waals surface area contributed by atoms with Crippen LogP contribution in [-0.2, 0) is 13.1 Å². The lowest BCUT2D eigenvalue weighted by atomic mass is 9.93. The lowest BCUT2D eigenvalue weighted by molar-refractivity contribution is 0.136. The van der Waals surface area contributed by atoms with E-state index in [0.717, 1.165) is 30.5 Å². The van der Waals surface area contributed by atoms with Crippen LogP contribution < -0.4 is 5.56 Å². The average molecular weight is 365 g/mol. The van der Waals surface area contributed by atoms with Crippen molar-refractivity contribution in [1.82, 2.24) is 14.9 Å². The van der Waals surface area contributed by atoms with Gasteiger partial charge in [-0.3, -0.25) is 9.69 Å². The Bertz CT molecular complexity index is 961. The number of fused-ring (bicyclic) bond motifs is 1. The summed E-state index contributed by atoms with van der Waals surface area (Å²) < 4.78 is 13.3. The van der Waals surface area contributed by atoms with Crippen molar-refractivity contribution in [3.8, 4) is 0 Å². The third-order valence-electron chi connectivity index (χ3n) is 5.40. The second-order valence-corrected chi connectivity index (χ2v) is 7.35. The van der Waals surface area contributed by atoms with Gasteiger partial charge in [0.05, 0.1) is 17.4 Å². The van der Waals surface area contributed by atoms with Crippen molar-refractivity contribution in [2.45, 2.75) is 51.2 Å². The van der Waals surface area contributed by atoms with Crippen LogP contribution in [0.1, 0.15) is 43.5 Å². The Morgan fingerprint density at radius 1 is 1.00 bits per heavy atom. The fourth-order valence-electron chi connectivity index (χ4n) is 3.99. The first-order chi connectivity index (χ1) is 13.2. The number of aromatic nitrogens is 2. The van der Waals surface area contributed by atoms with E-state index in [1.54, 1.807) is 6.07 Å². The number of aromatic amines is 1. The van der Waals surface area contributed by atoms with E-state index in [1.165, 1.54) is 31.4 Å². The molecule has 4 rings (SSSR count). The molecule has 0 amide bonds. The number of para-hydroxylation sites is 1. The molecule has 4 nitrogen and oxygen atoms in total. The third kappa shape index (κ3) is 4.25. The first kappa shape index (κ1) is 17.9. The fourth-order valence-corrected chi connectivity index (χ4v) is 3.99. The predicted molar refractivity (Wildman–Crippen MR) is 105 cm³/mol. The lowest BCUT2D eigenvalue weighted by Gasteiger charge is -2.34. The molecule has 1 saturated carbocycles. The molecule has 0 spiro atoms. The number of rotatable bonds is 5. The van der Waals surface area contributed by atoms with Gasteiger partial charge in [-0.15, -0.1) is 0 Å². The molecular weight excluding hydrogens is 341 g/mol. The molecule has 0 saturated heterocycles. The topological polar surface area (TPSA) is 49.0 Å². The van der Waals surface area contributed by atoms with Crippen LogP contribution >= 0.6 is 0 Å². The van der Waals surface area contributed by atoms with Gasteiger partial charge in [-0.25, -0.2) is 9.37 Å². The van der Waals surface area contributed by atoms with Crippen LogP contribution in [0.2, 0.25) is 0 Å². The SMILES string of the molecule is O=c1[nH]c(CN(Cc2ccc(F)cc2)C2CCCCC2)nc2ccccc12. The van der Waals surface area contributed by atoms with E-state index in [0.29, 0.717) is 23.8 Å². The monoisotopic (exact) mass is 365 g/mol. The Hall–Kier alpha value is -2.53. The second kappa shape index (κ2) is 8.01. The number of hydrogen-bond acceptors (Lipinski definition) is 3. The summed E-state index contributed by atoms with van der Waals surface area (Å²) >= 11 is 0. The third-order valence-corrected chi connectivity index (χ3v) is 5.40. The van der Waals surface area contributed by atoms with Gasteiger partial charge >= 0.3 is 0 Å². The van der Waals surface area contributed by atoms with Crippen LogP contribution in [0.25, 0.3) is 10.9 Å². The highest BCUT2D eigenvalue weighted by Gasteiger charge is 2.22. The van der Waals surface area contributed by atoms with Gasteiger partial charge in [0.25, 0.3) is 5.56 Å². The molecule has 0 aliphatic heterocycles. The lowest BCUT2D eigenvalue weighted by Crippen LogP contribution is -2.36. The van der Waals surface area contributed by atoms with E-state index in [9.17, 15) is 9.18 Å². The van der Waals surface area contributed by atoms with Crippen LogP contribution in [0.5, 0.6) is 0 Å². The van der Waals surface area contributed by atoms with E-state index in [-0.39, 0.29) is 11.4 Å². The van der Waals surface area contributed by atoms with Crippen LogP contribution in [-0.4, -0.2) is 20.9 Å². The number of hydrogen-bond donors (Lipinski definition) is 1. The van der Waals surface area contributed by atoms with Gasteiger partial charge < -0.3 is 4.98 Å². The molecule has 3 aromatic rings. The Labute approximate surface area is 158 Å². The van der Waals surface area contributed by atoms with Gasteiger partial charge in [-0.1, -0.05) is 43.5 Å². The zero-order valence-electron chi connectivity index (χ0n) is 15.3. The summed E-state index contributed by atoms with van der Waals surface area (Å²) in [5.74, 6) is 0.467. The van der Waals surface area contributed by atoms with Crippen molar-refractivity contribution in [2.75, 3.05) is 0 Å². The summed E-state index contributed by atoms with van der Waals surface area (Å²) in [6.45, 7) is 1.31. The summed E-state index contributed by atoms with van der Waals surface area (Å²) in [4.78, 5) is 22.4. The summed E-state index contributed by atoms with van der Waals surface area (Å²) in [7, 11) is 0. The summed E-state index contributed by atoms with van der Waals surface area (Å²) in [6.07, 6.45) is 6.04. The fraction of sp³-hybridized carbons (Fsp3) is 0.364. The van der Waals surface area contributed by atoms with Gasteiger partial charge in [0.15, 0.2) is 0 Å². The average Bonchev–Trinajstić information content (AvgIpc) is 2.70. The first-order valence-corrected chi connectivity index (χ1v) is 9.65. The molecule has 1 aliphatic carbocycles. The maximum Gasteiger partial charge on any atom is 0.258 e. The maximum atomic E-state index is 13.3. The highest BCUT2D eigenvalue weighted by molar-refractivity contribution is 5.77. The molecule has 1 N–H and O–H groups in total. The highest BCUT2D eigenvalue weighted by atomic mass is 19.1. The van der Waals surface area contributed by atoms with E-state index < -0.39 is 0 Å². The van der Waals surface area contributed by atoms with E-state index in [1.807, 2.05) is 30.3 Å². The zero-order chi connectivity index (χ0) is 18.6. The number of nitrogens with zero attached hydrogens (tertiary/aromatic N) is 2. The molecule has 2 aromatic carbocycles. The van der Waals surface area contributed by atoms with E-state index >= 15 is 0 Å². The molecule has 1 heterocycles. The molecule has 5 heteroatoms. The molecule has 1 fully saturated rings. The number of halogens is 1. The minimum atomic E-state index is -0.219. The standard InChI is InChI=1S/C22H24FN3O/c23-17-12-10-16(11-13-17)14-26(18-6-2-1-3-7-18)15-21-24-20-9-5-4-8-19(20)22(27)25-21/h4-5,8-13,18H,1-3,6-7,14-15H2,(H,24,25,27). The minimum Gasteiger partial charge on any atom is -0.309 e. The Morgan fingerprint density at radius 2 is 1.74 bits per heavy atom. The van der Waals surface area contributed by atoms with Crippen molar-refractivity contribution in [1.29, 1.82) is 0 Å². The molecule has 0 unspecified atom stereocenters. The Balaban J connectivity index is 1.61. The van der Waals surface area contributed by atoms with Gasteiger partial charge in [-0.2, -0.15) is 0 Å². The molecule has 27 heavy (non-hydrogen) atoms. The van der Waals surface area contributed by atoms with Crippen molar-refractivity contribution in [2.24, 2.45) is 0 Å². The van der Waals surface area contributed by atoms with Crippen LogP contribution in [0.4, 0.5) is 4.39 Å². The molecule has 140 valence electrons. The summed E-state index contributed by atoms with van der Waals surface area (Å²) in [6, 6.07) is 14.6. The Kier molecular flexibility index (Phi) is 5.30. The number of benzene rings is 2. The van der Waals surface area contributed by atoms with E-state index in [4.69, 9.17) is 0 Å². The van der Waals surface area contributed by atoms with Crippen molar-refractivity contribution >= 4 is 10.9 Å². The molecular formula is C22H24FN3O. The zero-order valence-corrected chi connectivity index (χ0v) is 15.3. The smallest absolute Gasteiger partial charge is 0.258 e. The Morgan fingerprint density at radius 3 is 2.52 bits per heavy atom. The molecule has 1 aromatic heterocycles. The minimum absolute atomic E-state index is 0.0963. The summed E-state index contributed by atoms with van der Waals surface area (Å²) in [5, 5.41) is 0.615. The van der Waals surface area contributed by atoms with Gasteiger partial charge in [0.2, 0.25) is 0 Å². The second-order valence-electron chi connectivity index (χ2n) is 7.35. The number of H-pyrrole nitrogens is 1. The molecule has 0 radical (unpaired) electrons. The molecule has 0 bridgehead atoms. The van der Waals surface area contributed by atoms with Crippen molar-refractivity contribution in [3.05, 3.63) is 76.1 Å². The maximum absolute atomic E-state index is 13.3. The van der Waals surface area contributed by atoms with Crippen LogP contribution in [0.3, 0.4) is 0 Å². The first-order valence-electron chi connectivity index (χ1n) is 9.65.